The Bertz CT molecular complexity index is 984. The number of nitrogens with zero attached hydrogens (tertiary/aromatic N) is 2. The van der Waals surface area contributed by atoms with Crippen LogP contribution in [0.5, 0.6) is 0 Å². The maximum Gasteiger partial charge on any atom is 0.190 e. The fraction of sp³-hybridized carbons (Fsp3) is 0. The van der Waals surface area contributed by atoms with Crippen LogP contribution in [0.4, 0.5) is 0 Å². The summed E-state index contributed by atoms with van der Waals surface area (Å²) in [6.45, 7) is 0. The van der Waals surface area contributed by atoms with Crippen molar-refractivity contribution in [1.29, 1.82) is 0 Å². The maximum absolute atomic E-state index is 12.2. The molecule has 2 heterocycles. The SMILES string of the molecule is O=c1cc(-n2cnc3ccccc32)sc2ccccc12. The molecule has 0 aliphatic carbocycles. The van der Waals surface area contributed by atoms with E-state index in [2.05, 4.69) is 4.98 Å². The molecule has 0 atom stereocenters. The first-order valence-electron chi connectivity index (χ1n) is 6.28. The van der Waals surface area contributed by atoms with E-state index in [1.807, 2.05) is 53.1 Å². The summed E-state index contributed by atoms with van der Waals surface area (Å²) in [6, 6.07) is 17.3. The normalized spacial score (nSPS) is 11.2. The molecule has 0 fully saturated rings. The van der Waals surface area contributed by atoms with E-state index in [4.69, 9.17) is 0 Å². The van der Waals surface area contributed by atoms with Gasteiger partial charge in [-0.3, -0.25) is 9.36 Å². The third kappa shape index (κ3) is 1.66. The molecular weight excluding hydrogens is 268 g/mol. The molecule has 0 bridgehead atoms. The van der Waals surface area contributed by atoms with Gasteiger partial charge in [0.2, 0.25) is 0 Å². The topological polar surface area (TPSA) is 34.9 Å². The van der Waals surface area contributed by atoms with Crippen LogP contribution in [0.2, 0.25) is 0 Å². The van der Waals surface area contributed by atoms with Crippen LogP contribution in [0.3, 0.4) is 0 Å². The van der Waals surface area contributed by atoms with Gasteiger partial charge < -0.3 is 0 Å². The van der Waals surface area contributed by atoms with Gasteiger partial charge in [-0.25, -0.2) is 4.98 Å². The van der Waals surface area contributed by atoms with Gasteiger partial charge >= 0.3 is 0 Å². The summed E-state index contributed by atoms with van der Waals surface area (Å²) in [6.07, 6.45) is 1.77. The lowest BCUT2D eigenvalue weighted by molar-refractivity contribution is 1.12. The number of imidazole rings is 1. The molecular formula is C16H10N2OS. The molecule has 0 amide bonds. The summed E-state index contributed by atoms with van der Waals surface area (Å²) in [5.74, 6) is 0. The fourth-order valence-corrected chi connectivity index (χ4v) is 3.41. The molecule has 0 aliphatic heterocycles. The largest absolute Gasteiger partial charge is 0.290 e. The first kappa shape index (κ1) is 11.4. The molecule has 96 valence electrons. The first-order chi connectivity index (χ1) is 9.83. The summed E-state index contributed by atoms with van der Waals surface area (Å²) in [4.78, 5) is 16.6. The van der Waals surface area contributed by atoms with Crippen LogP contribution in [0.25, 0.3) is 26.1 Å². The maximum atomic E-state index is 12.2. The van der Waals surface area contributed by atoms with Crippen LogP contribution in [-0.2, 0) is 0 Å². The van der Waals surface area contributed by atoms with E-state index in [0.29, 0.717) is 0 Å². The van der Waals surface area contributed by atoms with Crippen molar-refractivity contribution in [2.24, 2.45) is 0 Å². The van der Waals surface area contributed by atoms with Gasteiger partial charge in [-0.2, -0.15) is 0 Å². The van der Waals surface area contributed by atoms with E-state index in [0.717, 1.165) is 26.1 Å². The highest BCUT2D eigenvalue weighted by atomic mass is 32.1. The molecule has 0 radical (unpaired) electrons. The number of benzene rings is 2. The van der Waals surface area contributed by atoms with Crippen molar-refractivity contribution in [2.45, 2.75) is 0 Å². The van der Waals surface area contributed by atoms with E-state index in [9.17, 15) is 4.79 Å². The van der Waals surface area contributed by atoms with E-state index in [-0.39, 0.29) is 5.43 Å². The number of hydrogen-bond donors (Lipinski definition) is 0. The molecule has 0 aliphatic rings. The minimum absolute atomic E-state index is 0.0483. The Balaban J connectivity index is 2.05. The van der Waals surface area contributed by atoms with Gasteiger partial charge in [0.1, 0.15) is 11.3 Å². The molecule has 2 aromatic heterocycles. The zero-order valence-corrected chi connectivity index (χ0v) is 11.3. The van der Waals surface area contributed by atoms with E-state index < -0.39 is 0 Å². The quantitative estimate of drug-likeness (QED) is 0.533. The monoisotopic (exact) mass is 278 g/mol. The fourth-order valence-electron chi connectivity index (χ4n) is 2.34. The van der Waals surface area contributed by atoms with Crippen LogP contribution in [0.1, 0.15) is 0 Å². The second kappa shape index (κ2) is 4.28. The van der Waals surface area contributed by atoms with Crippen LogP contribution < -0.4 is 5.43 Å². The van der Waals surface area contributed by atoms with Crippen molar-refractivity contribution in [3.63, 3.8) is 0 Å². The minimum atomic E-state index is 0.0483. The average molecular weight is 278 g/mol. The summed E-state index contributed by atoms with van der Waals surface area (Å²) in [5, 5.41) is 1.66. The highest BCUT2D eigenvalue weighted by Gasteiger charge is 2.07. The Morgan fingerprint density at radius 1 is 1.00 bits per heavy atom. The summed E-state index contributed by atoms with van der Waals surface area (Å²) in [5.41, 5.74) is 1.99. The van der Waals surface area contributed by atoms with E-state index in [1.54, 1.807) is 23.7 Å². The predicted molar refractivity (Wildman–Crippen MR) is 82.7 cm³/mol. The molecule has 2 aromatic carbocycles. The number of para-hydroxylation sites is 2. The predicted octanol–water partition coefficient (Wildman–Crippen LogP) is 3.60. The van der Waals surface area contributed by atoms with Crippen molar-refractivity contribution in [2.75, 3.05) is 0 Å². The van der Waals surface area contributed by atoms with Gasteiger partial charge in [-0.05, 0) is 24.3 Å². The van der Waals surface area contributed by atoms with E-state index >= 15 is 0 Å². The smallest absolute Gasteiger partial charge is 0.190 e. The van der Waals surface area contributed by atoms with Crippen molar-refractivity contribution in [3.8, 4) is 5.00 Å². The Kier molecular flexibility index (Phi) is 2.44. The number of aromatic nitrogens is 2. The molecule has 0 saturated heterocycles. The molecule has 4 aromatic rings. The van der Waals surface area contributed by atoms with Gasteiger partial charge in [0.05, 0.1) is 11.0 Å². The second-order valence-electron chi connectivity index (χ2n) is 4.55. The Labute approximate surface area is 118 Å². The Morgan fingerprint density at radius 2 is 1.80 bits per heavy atom. The molecule has 0 saturated carbocycles. The lowest BCUT2D eigenvalue weighted by Crippen LogP contribution is -2.01. The zero-order valence-electron chi connectivity index (χ0n) is 10.5. The minimum Gasteiger partial charge on any atom is -0.290 e. The lowest BCUT2D eigenvalue weighted by Gasteiger charge is -2.04. The van der Waals surface area contributed by atoms with Gasteiger partial charge in [0, 0.05) is 16.2 Å². The van der Waals surface area contributed by atoms with Crippen molar-refractivity contribution >= 4 is 32.5 Å². The lowest BCUT2D eigenvalue weighted by atomic mass is 10.2. The third-order valence-corrected chi connectivity index (χ3v) is 4.41. The summed E-state index contributed by atoms with van der Waals surface area (Å²) < 4.78 is 2.96. The standard InChI is InChI=1S/C16H10N2OS/c19-14-9-16(20-15-8-4-1-5-11(14)15)18-10-17-12-6-2-3-7-13(12)18/h1-10H. The third-order valence-electron chi connectivity index (χ3n) is 3.31. The van der Waals surface area contributed by atoms with Crippen LogP contribution in [0.15, 0.2) is 65.7 Å². The van der Waals surface area contributed by atoms with Gasteiger partial charge in [-0.15, -0.1) is 11.3 Å². The first-order valence-corrected chi connectivity index (χ1v) is 7.10. The molecule has 0 spiro atoms. The average Bonchev–Trinajstić information content (AvgIpc) is 2.91. The Morgan fingerprint density at radius 3 is 2.75 bits per heavy atom. The number of fused-ring (bicyclic) bond motifs is 2. The zero-order chi connectivity index (χ0) is 13.5. The van der Waals surface area contributed by atoms with E-state index in [1.165, 1.54) is 0 Å². The number of hydrogen-bond acceptors (Lipinski definition) is 3. The molecule has 3 nitrogen and oxygen atoms in total. The number of rotatable bonds is 1. The summed E-state index contributed by atoms with van der Waals surface area (Å²) >= 11 is 1.60. The molecule has 4 heteroatoms. The van der Waals surface area contributed by atoms with Crippen LogP contribution in [0, 0.1) is 0 Å². The van der Waals surface area contributed by atoms with Gasteiger partial charge in [-0.1, -0.05) is 24.3 Å². The van der Waals surface area contributed by atoms with Crippen molar-refractivity contribution in [1.82, 2.24) is 9.55 Å². The highest BCUT2D eigenvalue weighted by Crippen LogP contribution is 2.24. The molecule has 20 heavy (non-hydrogen) atoms. The molecule has 0 unspecified atom stereocenters. The van der Waals surface area contributed by atoms with Gasteiger partial charge in [0.15, 0.2) is 5.43 Å². The van der Waals surface area contributed by atoms with Crippen molar-refractivity contribution < 1.29 is 0 Å². The van der Waals surface area contributed by atoms with Crippen molar-refractivity contribution in [3.05, 3.63) is 71.1 Å². The second-order valence-corrected chi connectivity index (χ2v) is 5.61. The Hall–Kier alpha value is -2.46. The highest BCUT2D eigenvalue weighted by molar-refractivity contribution is 7.20. The molecule has 0 N–H and O–H groups in total. The van der Waals surface area contributed by atoms with Crippen LogP contribution in [-0.4, -0.2) is 9.55 Å². The summed E-state index contributed by atoms with van der Waals surface area (Å²) in [7, 11) is 0. The molecule has 4 rings (SSSR count). The van der Waals surface area contributed by atoms with Gasteiger partial charge in [0.25, 0.3) is 0 Å². The van der Waals surface area contributed by atoms with Crippen LogP contribution >= 0.6 is 11.3 Å².